The maximum absolute atomic E-state index is 12.1. The number of hydrogen-bond donors (Lipinski definition) is 1. The quantitative estimate of drug-likeness (QED) is 0.840. The molecule has 1 amide bonds. The highest BCUT2D eigenvalue weighted by Gasteiger charge is 2.30. The van der Waals surface area contributed by atoms with Gasteiger partial charge in [0.1, 0.15) is 11.4 Å². The first-order chi connectivity index (χ1) is 10.5. The molecule has 0 radical (unpaired) electrons. The molecule has 1 aromatic rings. The second kappa shape index (κ2) is 7.14. The van der Waals surface area contributed by atoms with E-state index in [1.807, 2.05) is 13.8 Å². The van der Waals surface area contributed by atoms with E-state index in [-0.39, 0.29) is 17.6 Å². The number of fused-ring (bicyclic) bond motifs is 1. The molecule has 2 rings (SSSR count). The van der Waals surface area contributed by atoms with Gasteiger partial charge in [-0.1, -0.05) is 32.0 Å². The predicted molar refractivity (Wildman–Crippen MR) is 85.3 cm³/mol. The molecule has 7 heteroatoms. The van der Waals surface area contributed by atoms with Crippen LogP contribution in [-0.4, -0.2) is 32.0 Å². The summed E-state index contributed by atoms with van der Waals surface area (Å²) in [6.07, 6.45) is 4.45. The minimum Gasteiger partial charge on any atom is -0.337 e. The Hall–Kier alpha value is -1.55. The summed E-state index contributed by atoms with van der Waals surface area (Å²) >= 11 is 1.39. The van der Waals surface area contributed by atoms with Gasteiger partial charge in [-0.25, -0.2) is 0 Å². The zero-order valence-corrected chi connectivity index (χ0v) is 14.2. The van der Waals surface area contributed by atoms with Gasteiger partial charge in [-0.05, 0) is 25.7 Å². The highest BCUT2D eigenvalue weighted by Crippen LogP contribution is 2.22. The number of aromatic nitrogens is 3. The summed E-state index contributed by atoms with van der Waals surface area (Å²) in [4.78, 5) is 12.1. The van der Waals surface area contributed by atoms with Gasteiger partial charge in [0.15, 0.2) is 5.16 Å². The molecule has 0 aliphatic carbocycles. The Morgan fingerprint density at radius 1 is 1.45 bits per heavy atom. The largest absolute Gasteiger partial charge is 0.337 e. The van der Waals surface area contributed by atoms with Crippen LogP contribution < -0.4 is 5.32 Å². The average Bonchev–Trinajstić information content (AvgIpc) is 2.71. The molecule has 6 nitrogen and oxygen atoms in total. The molecule has 0 fully saturated rings. The van der Waals surface area contributed by atoms with Gasteiger partial charge < -0.3 is 9.88 Å². The monoisotopic (exact) mass is 321 g/mol. The molecule has 1 aliphatic heterocycles. The third-order valence-corrected chi connectivity index (χ3v) is 5.16. The lowest BCUT2D eigenvalue weighted by Crippen LogP contribution is -2.49. The fraction of sp³-hybridized carbons (Fsp3) is 0.733. The number of carbonyl (C=O) groups excluding carboxylic acids is 1. The summed E-state index contributed by atoms with van der Waals surface area (Å²) < 4.78 is 2.12. The van der Waals surface area contributed by atoms with E-state index < -0.39 is 5.54 Å². The SMILES string of the molecule is CC(C)[C@](C)(C#N)NC(=O)CSc1nnc2n1CCCCC2. The Morgan fingerprint density at radius 3 is 2.91 bits per heavy atom. The van der Waals surface area contributed by atoms with E-state index in [9.17, 15) is 10.1 Å². The van der Waals surface area contributed by atoms with E-state index in [2.05, 4.69) is 26.2 Å². The van der Waals surface area contributed by atoms with E-state index in [1.54, 1.807) is 6.92 Å². The Labute approximate surface area is 135 Å². The van der Waals surface area contributed by atoms with Gasteiger partial charge in [-0.2, -0.15) is 5.26 Å². The van der Waals surface area contributed by atoms with E-state index in [0.717, 1.165) is 36.8 Å². The van der Waals surface area contributed by atoms with Crippen molar-refractivity contribution in [1.29, 1.82) is 5.26 Å². The third kappa shape index (κ3) is 3.80. The van der Waals surface area contributed by atoms with Crippen molar-refractivity contribution in [3.05, 3.63) is 5.82 Å². The van der Waals surface area contributed by atoms with Crippen LogP contribution in [-0.2, 0) is 17.8 Å². The maximum atomic E-state index is 12.1. The second-order valence-corrected chi connectivity index (χ2v) is 7.11. The van der Waals surface area contributed by atoms with E-state index in [1.165, 1.54) is 18.2 Å². The van der Waals surface area contributed by atoms with Crippen LogP contribution in [0.15, 0.2) is 5.16 Å². The number of nitrogens with zero attached hydrogens (tertiary/aromatic N) is 4. The molecule has 0 unspecified atom stereocenters. The Balaban J connectivity index is 1.95. The zero-order valence-electron chi connectivity index (χ0n) is 13.4. The smallest absolute Gasteiger partial charge is 0.231 e. The molecule has 0 saturated carbocycles. The number of nitriles is 1. The average molecular weight is 321 g/mol. The van der Waals surface area contributed by atoms with Crippen molar-refractivity contribution in [2.24, 2.45) is 5.92 Å². The minimum atomic E-state index is -0.834. The van der Waals surface area contributed by atoms with Gasteiger partial charge in [-0.15, -0.1) is 10.2 Å². The number of nitrogens with one attached hydrogen (secondary N) is 1. The standard InChI is InChI=1S/C15H23N5OS/c1-11(2)15(3,10-16)17-13(21)9-22-14-19-18-12-7-5-4-6-8-20(12)14/h11H,4-9H2,1-3H3,(H,17,21)/t15-/m0/s1. The Bertz CT molecular complexity index is 577. The van der Waals surface area contributed by atoms with Gasteiger partial charge in [0.05, 0.1) is 11.8 Å². The summed E-state index contributed by atoms with van der Waals surface area (Å²) in [5, 5.41) is 21.3. The van der Waals surface area contributed by atoms with Gasteiger partial charge in [0, 0.05) is 13.0 Å². The van der Waals surface area contributed by atoms with Crippen LogP contribution >= 0.6 is 11.8 Å². The molecule has 0 spiro atoms. The number of hydrogen-bond acceptors (Lipinski definition) is 5. The molecule has 1 atom stereocenters. The first-order valence-electron chi connectivity index (χ1n) is 7.73. The van der Waals surface area contributed by atoms with Gasteiger partial charge >= 0.3 is 0 Å². The maximum Gasteiger partial charge on any atom is 0.231 e. The molecule has 0 saturated heterocycles. The summed E-state index contributed by atoms with van der Waals surface area (Å²) in [5.41, 5.74) is -0.834. The summed E-state index contributed by atoms with van der Waals surface area (Å²) in [6.45, 7) is 6.53. The van der Waals surface area contributed by atoms with E-state index >= 15 is 0 Å². The number of thioether (sulfide) groups is 1. The van der Waals surface area contributed by atoms with Crippen molar-refractivity contribution in [3.8, 4) is 6.07 Å². The molecule has 1 N–H and O–H groups in total. The number of carbonyl (C=O) groups is 1. The number of rotatable bonds is 5. The van der Waals surface area contributed by atoms with Gasteiger partial charge in [-0.3, -0.25) is 4.79 Å². The lowest BCUT2D eigenvalue weighted by molar-refractivity contribution is -0.120. The second-order valence-electron chi connectivity index (χ2n) is 6.17. The van der Waals surface area contributed by atoms with Crippen LogP contribution in [0, 0.1) is 17.2 Å². The number of amides is 1. The number of aryl methyl sites for hydroxylation is 1. The molecule has 120 valence electrons. The van der Waals surface area contributed by atoms with Crippen molar-refractivity contribution >= 4 is 17.7 Å². The van der Waals surface area contributed by atoms with Crippen LogP contribution in [0.25, 0.3) is 0 Å². The lowest BCUT2D eigenvalue weighted by Gasteiger charge is -2.27. The third-order valence-electron chi connectivity index (χ3n) is 4.19. The summed E-state index contributed by atoms with van der Waals surface area (Å²) in [5.74, 6) is 1.18. The highest BCUT2D eigenvalue weighted by atomic mass is 32.2. The predicted octanol–water partition coefficient (Wildman–Crippen LogP) is 2.15. The first-order valence-corrected chi connectivity index (χ1v) is 8.72. The molecule has 0 bridgehead atoms. The lowest BCUT2D eigenvalue weighted by atomic mass is 9.90. The van der Waals surface area contributed by atoms with Crippen molar-refractivity contribution in [2.75, 3.05) is 5.75 Å². The summed E-state index contributed by atoms with van der Waals surface area (Å²) in [7, 11) is 0. The van der Waals surface area contributed by atoms with Crippen molar-refractivity contribution in [3.63, 3.8) is 0 Å². The van der Waals surface area contributed by atoms with Gasteiger partial charge in [0.25, 0.3) is 0 Å². The molecule has 22 heavy (non-hydrogen) atoms. The normalized spacial score (nSPS) is 17.2. The van der Waals surface area contributed by atoms with E-state index in [0.29, 0.717) is 0 Å². The van der Waals surface area contributed by atoms with Crippen molar-refractivity contribution < 1.29 is 4.79 Å². The van der Waals surface area contributed by atoms with Gasteiger partial charge in [0.2, 0.25) is 5.91 Å². The van der Waals surface area contributed by atoms with Crippen LogP contribution in [0.1, 0.15) is 45.9 Å². The minimum absolute atomic E-state index is 0.0517. The first kappa shape index (κ1) is 16.8. The van der Waals surface area contributed by atoms with Crippen LogP contribution in [0.2, 0.25) is 0 Å². The van der Waals surface area contributed by atoms with Crippen molar-refractivity contribution in [2.45, 2.75) is 63.7 Å². The van der Waals surface area contributed by atoms with Crippen LogP contribution in [0.4, 0.5) is 0 Å². The fourth-order valence-corrected chi connectivity index (χ4v) is 3.11. The van der Waals surface area contributed by atoms with Crippen molar-refractivity contribution in [1.82, 2.24) is 20.1 Å². The molecule has 1 aliphatic rings. The zero-order chi connectivity index (χ0) is 16.2. The van der Waals surface area contributed by atoms with E-state index in [4.69, 9.17) is 0 Å². The molecule has 2 heterocycles. The Morgan fingerprint density at radius 2 is 2.23 bits per heavy atom. The van der Waals surface area contributed by atoms with Crippen LogP contribution in [0.5, 0.6) is 0 Å². The molecule has 0 aromatic carbocycles. The molecule has 1 aromatic heterocycles. The topological polar surface area (TPSA) is 83.6 Å². The molecular formula is C15H23N5OS. The fourth-order valence-electron chi connectivity index (χ4n) is 2.32. The highest BCUT2D eigenvalue weighted by molar-refractivity contribution is 7.99. The molecular weight excluding hydrogens is 298 g/mol. The van der Waals surface area contributed by atoms with Crippen LogP contribution in [0.3, 0.4) is 0 Å². The Kier molecular flexibility index (Phi) is 5.46. The summed E-state index contributed by atoms with van der Waals surface area (Å²) in [6, 6.07) is 2.19.